The summed E-state index contributed by atoms with van der Waals surface area (Å²) in [6.07, 6.45) is 1.88. The molecule has 1 aromatic rings. The second-order valence-corrected chi connectivity index (χ2v) is 3.03. The van der Waals surface area contributed by atoms with Crippen molar-refractivity contribution in [3.63, 3.8) is 0 Å². The minimum Gasteiger partial charge on any atom is -0.475 e. The lowest BCUT2D eigenvalue weighted by atomic mass is 10.3. The van der Waals surface area contributed by atoms with Crippen LogP contribution >= 0.6 is 0 Å². The maximum atomic E-state index is 5.38. The highest BCUT2D eigenvalue weighted by atomic mass is 16.5. The van der Waals surface area contributed by atoms with Gasteiger partial charge in [0, 0.05) is 19.4 Å². The smallest absolute Gasteiger partial charge is 0.213 e. The Kier molecular flexibility index (Phi) is 3.71. The lowest BCUT2D eigenvalue weighted by molar-refractivity contribution is 0.0699. The zero-order chi connectivity index (χ0) is 9.68. The summed E-state index contributed by atoms with van der Waals surface area (Å²) in [5, 5.41) is 0. The van der Waals surface area contributed by atoms with E-state index in [0.717, 1.165) is 5.56 Å². The Morgan fingerprint density at radius 3 is 2.77 bits per heavy atom. The number of aromatic nitrogens is 1. The maximum Gasteiger partial charge on any atom is 0.213 e. The van der Waals surface area contributed by atoms with E-state index in [1.165, 1.54) is 0 Å². The Labute approximate surface area is 78.7 Å². The molecular weight excluding hydrogens is 166 g/mol. The van der Waals surface area contributed by atoms with Crippen molar-refractivity contribution in [1.82, 2.24) is 4.98 Å². The number of methoxy groups -OCH3 is 1. The highest BCUT2D eigenvalue weighted by Gasteiger charge is 2.00. The van der Waals surface area contributed by atoms with Crippen LogP contribution in [0.25, 0.3) is 0 Å². The van der Waals surface area contributed by atoms with E-state index >= 15 is 0 Å². The van der Waals surface area contributed by atoms with Crippen molar-refractivity contribution < 1.29 is 9.47 Å². The fourth-order valence-electron chi connectivity index (χ4n) is 0.810. The number of hydrogen-bond donors (Lipinski definition) is 0. The molecule has 0 aliphatic heterocycles. The van der Waals surface area contributed by atoms with E-state index in [1.54, 1.807) is 13.3 Å². The first-order valence-corrected chi connectivity index (χ1v) is 4.30. The topological polar surface area (TPSA) is 31.4 Å². The molecule has 72 valence electrons. The van der Waals surface area contributed by atoms with Crippen LogP contribution in [0.4, 0.5) is 0 Å². The zero-order valence-electron chi connectivity index (χ0n) is 8.28. The standard InChI is InChI=1S/C10H15NO2/c1-8-4-5-10(11-6-8)13-7-9(2)12-3/h4-6,9H,7H2,1-3H3/t9-/m0/s1. The molecule has 1 rings (SSSR count). The summed E-state index contributed by atoms with van der Waals surface area (Å²) in [6.45, 7) is 4.48. The van der Waals surface area contributed by atoms with E-state index in [9.17, 15) is 0 Å². The lowest BCUT2D eigenvalue weighted by Crippen LogP contribution is -2.16. The van der Waals surface area contributed by atoms with Crippen LogP contribution in [0.5, 0.6) is 5.88 Å². The first-order chi connectivity index (χ1) is 6.22. The van der Waals surface area contributed by atoms with Crippen molar-refractivity contribution in [2.24, 2.45) is 0 Å². The van der Waals surface area contributed by atoms with Gasteiger partial charge in [0.05, 0.1) is 6.10 Å². The first kappa shape index (κ1) is 9.99. The monoisotopic (exact) mass is 181 g/mol. The summed E-state index contributed by atoms with van der Waals surface area (Å²) in [7, 11) is 1.66. The molecule has 0 spiro atoms. The van der Waals surface area contributed by atoms with Crippen molar-refractivity contribution in [1.29, 1.82) is 0 Å². The van der Waals surface area contributed by atoms with Crippen LogP contribution in [0.1, 0.15) is 12.5 Å². The number of pyridine rings is 1. The normalized spacial score (nSPS) is 12.5. The molecule has 0 bridgehead atoms. The molecule has 0 unspecified atom stereocenters. The summed E-state index contributed by atoms with van der Waals surface area (Å²) in [5.41, 5.74) is 1.13. The van der Waals surface area contributed by atoms with E-state index < -0.39 is 0 Å². The average molecular weight is 181 g/mol. The summed E-state index contributed by atoms with van der Waals surface area (Å²) in [5.74, 6) is 0.648. The van der Waals surface area contributed by atoms with E-state index in [-0.39, 0.29) is 6.10 Å². The van der Waals surface area contributed by atoms with Gasteiger partial charge >= 0.3 is 0 Å². The highest BCUT2D eigenvalue weighted by molar-refractivity contribution is 5.16. The Hall–Kier alpha value is -1.09. The van der Waals surface area contributed by atoms with Crippen LogP contribution < -0.4 is 4.74 Å². The molecule has 0 aromatic carbocycles. The second-order valence-electron chi connectivity index (χ2n) is 3.03. The lowest BCUT2D eigenvalue weighted by Gasteiger charge is -2.10. The third kappa shape index (κ3) is 3.42. The van der Waals surface area contributed by atoms with Gasteiger partial charge in [0.1, 0.15) is 6.61 Å². The van der Waals surface area contributed by atoms with Gasteiger partial charge in [-0.3, -0.25) is 0 Å². The van der Waals surface area contributed by atoms with Gasteiger partial charge in [-0.15, -0.1) is 0 Å². The summed E-state index contributed by atoms with van der Waals surface area (Å²) < 4.78 is 10.4. The van der Waals surface area contributed by atoms with Crippen LogP contribution in [0, 0.1) is 6.92 Å². The van der Waals surface area contributed by atoms with Crippen LogP contribution in [0.15, 0.2) is 18.3 Å². The molecule has 0 N–H and O–H groups in total. The molecule has 3 nitrogen and oxygen atoms in total. The fraction of sp³-hybridized carbons (Fsp3) is 0.500. The van der Waals surface area contributed by atoms with E-state index in [0.29, 0.717) is 12.5 Å². The molecule has 1 heterocycles. The summed E-state index contributed by atoms with van der Waals surface area (Å²) in [6, 6.07) is 3.83. The SMILES string of the molecule is CO[C@@H](C)COc1ccc(C)cn1. The number of aryl methyl sites for hydroxylation is 1. The van der Waals surface area contributed by atoms with Crippen molar-refractivity contribution in [2.45, 2.75) is 20.0 Å². The van der Waals surface area contributed by atoms with Gasteiger partial charge in [0.25, 0.3) is 0 Å². The molecule has 0 amide bonds. The largest absolute Gasteiger partial charge is 0.475 e. The first-order valence-electron chi connectivity index (χ1n) is 4.30. The highest BCUT2D eigenvalue weighted by Crippen LogP contribution is 2.06. The van der Waals surface area contributed by atoms with Gasteiger partial charge in [-0.1, -0.05) is 6.07 Å². The van der Waals surface area contributed by atoms with Crippen LogP contribution in [-0.4, -0.2) is 24.8 Å². The third-order valence-electron chi connectivity index (χ3n) is 1.75. The fourth-order valence-corrected chi connectivity index (χ4v) is 0.810. The average Bonchev–Trinajstić information content (AvgIpc) is 2.16. The predicted molar refractivity (Wildman–Crippen MR) is 50.9 cm³/mol. The number of ether oxygens (including phenoxy) is 2. The van der Waals surface area contributed by atoms with Crippen molar-refractivity contribution in [3.05, 3.63) is 23.9 Å². The van der Waals surface area contributed by atoms with Crippen molar-refractivity contribution in [3.8, 4) is 5.88 Å². The molecule has 0 radical (unpaired) electrons. The minimum atomic E-state index is 0.100. The van der Waals surface area contributed by atoms with Gasteiger partial charge in [-0.2, -0.15) is 0 Å². The quantitative estimate of drug-likeness (QED) is 0.709. The molecule has 1 atom stereocenters. The molecule has 1 aromatic heterocycles. The predicted octanol–water partition coefficient (Wildman–Crippen LogP) is 1.80. The van der Waals surface area contributed by atoms with Gasteiger partial charge < -0.3 is 9.47 Å². The number of nitrogens with zero attached hydrogens (tertiary/aromatic N) is 1. The van der Waals surface area contributed by atoms with Crippen LogP contribution in [-0.2, 0) is 4.74 Å². The Bertz CT molecular complexity index is 246. The minimum absolute atomic E-state index is 0.100. The van der Waals surface area contributed by atoms with Gasteiger partial charge in [0.2, 0.25) is 5.88 Å². The Morgan fingerprint density at radius 2 is 2.23 bits per heavy atom. The number of hydrogen-bond acceptors (Lipinski definition) is 3. The molecule has 0 fully saturated rings. The molecule has 0 aliphatic carbocycles. The van der Waals surface area contributed by atoms with Gasteiger partial charge in [0.15, 0.2) is 0 Å². The number of rotatable bonds is 4. The zero-order valence-corrected chi connectivity index (χ0v) is 8.28. The van der Waals surface area contributed by atoms with E-state index in [4.69, 9.17) is 9.47 Å². The molecular formula is C10H15NO2. The molecule has 3 heteroatoms. The Balaban J connectivity index is 2.41. The van der Waals surface area contributed by atoms with E-state index in [2.05, 4.69) is 4.98 Å². The van der Waals surface area contributed by atoms with E-state index in [1.807, 2.05) is 26.0 Å². The third-order valence-corrected chi connectivity index (χ3v) is 1.75. The molecule has 13 heavy (non-hydrogen) atoms. The summed E-state index contributed by atoms with van der Waals surface area (Å²) in [4.78, 5) is 4.11. The van der Waals surface area contributed by atoms with Gasteiger partial charge in [-0.25, -0.2) is 4.98 Å². The summed E-state index contributed by atoms with van der Waals surface area (Å²) >= 11 is 0. The van der Waals surface area contributed by atoms with Crippen molar-refractivity contribution in [2.75, 3.05) is 13.7 Å². The van der Waals surface area contributed by atoms with Crippen molar-refractivity contribution >= 4 is 0 Å². The molecule has 0 saturated heterocycles. The maximum absolute atomic E-state index is 5.38. The molecule has 0 aliphatic rings. The van der Waals surface area contributed by atoms with Gasteiger partial charge in [-0.05, 0) is 19.4 Å². The van der Waals surface area contributed by atoms with Crippen LogP contribution in [0.2, 0.25) is 0 Å². The molecule has 0 saturated carbocycles. The Morgan fingerprint density at radius 1 is 1.46 bits per heavy atom. The second kappa shape index (κ2) is 4.82. The van der Waals surface area contributed by atoms with Crippen LogP contribution in [0.3, 0.4) is 0 Å².